The molecule has 2 aromatic carbocycles. The van der Waals surface area contributed by atoms with Gasteiger partial charge in [0.25, 0.3) is 0 Å². The van der Waals surface area contributed by atoms with Gasteiger partial charge in [0, 0.05) is 11.2 Å². The first-order valence-electron chi connectivity index (χ1n) is 6.35. The molecule has 1 heterocycles. The third-order valence-electron chi connectivity index (χ3n) is 2.95. The van der Waals surface area contributed by atoms with Crippen LogP contribution in [0.1, 0.15) is 5.89 Å². The Morgan fingerprint density at radius 1 is 1.23 bits per heavy atom. The first-order chi connectivity index (χ1) is 10.7. The lowest BCUT2D eigenvalue weighted by atomic mass is 10.3. The van der Waals surface area contributed by atoms with Gasteiger partial charge in [-0.15, -0.1) is 0 Å². The second-order valence-electron chi connectivity index (χ2n) is 4.43. The number of fused-ring (bicyclic) bond motifs is 1. The molecule has 22 heavy (non-hydrogen) atoms. The Morgan fingerprint density at radius 3 is 2.82 bits per heavy atom. The van der Waals surface area contributed by atoms with Crippen LogP contribution in [-0.4, -0.2) is 4.98 Å². The number of aromatic nitrogens is 1. The number of hydrogen-bond acceptors (Lipinski definition) is 4. The highest BCUT2D eigenvalue weighted by Crippen LogP contribution is 2.25. The van der Waals surface area contributed by atoms with E-state index in [1.165, 1.54) is 6.20 Å². The van der Waals surface area contributed by atoms with Crippen LogP contribution in [0, 0.1) is 11.3 Å². The minimum atomic E-state index is 0.222. The Labute approximate surface area is 136 Å². The van der Waals surface area contributed by atoms with E-state index in [-0.39, 0.29) is 11.5 Å². The van der Waals surface area contributed by atoms with Gasteiger partial charge in [-0.25, -0.2) is 4.98 Å². The topological polar surface area (TPSA) is 61.9 Å². The van der Waals surface area contributed by atoms with Crippen molar-refractivity contribution in [2.45, 2.75) is 0 Å². The molecular weight excluding hydrogens is 321 g/mol. The van der Waals surface area contributed by atoms with Gasteiger partial charge >= 0.3 is 0 Å². The Balaban J connectivity index is 1.94. The Morgan fingerprint density at radius 2 is 2.05 bits per heavy atom. The van der Waals surface area contributed by atoms with Gasteiger partial charge in [0.2, 0.25) is 5.89 Å². The minimum Gasteiger partial charge on any atom is -0.435 e. The molecule has 0 amide bonds. The number of halogens is 2. The summed E-state index contributed by atoms with van der Waals surface area (Å²) in [6.45, 7) is 0. The Kier molecular flexibility index (Phi) is 4.01. The van der Waals surface area contributed by atoms with E-state index in [1.807, 2.05) is 18.2 Å². The zero-order valence-electron chi connectivity index (χ0n) is 11.2. The molecule has 0 saturated carbocycles. The molecule has 0 aliphatic rings. The van der Waals surface area contributed by atoms with E-state index in [4.69, 9.17) is 27.6 Å². The van der Waals surface area contributed by atoms with E-state index in [0.29, 0.717) is 26.8 Å². The standard InChI is InChI=1S/C16H9Cl2N3O/c17-11-5-6-15-14(7-11)21-16(22-15)10(8-19)9-20-13-4-2-1-3-12(13)18/h1-7,9,20H. The van der Waals surface area contributed by atoms with E-state index in [9.17, 15) is 5.26 Å². The van der Waals surface area contributed by atoms with E-state index in [2.05, 4.69) is 10.3 Å². The van der Waals surface area contributed by atoms with Crippen molar-refractivity contribution in [1.82, 2.24) is 4.98 Å². The van der Waals surface area contributed by atoms with Crippen molar-refractivity contribution in [3.8, 4) is 6.07 Å². The van der Waals surface area contributed by atoms with Gasteiger partial charge in [0.05, 0.1) is 10.7 Å². The van der Waals surface area contributed by atoms with Crippen LogP contribution in [0.3, 0.4) is 0 Å². The normalized spacial score (nSPS) is 11.4. The molecule has 0 saturated heterocycles. The summed E-state index contributed by atoms with van der Waals surface area (Å²) in [5, 5.41) is 13.4. The molecule has 0 aliphatic carbocycles. The van der Waals surface area contributed by atoms with Crippen molar-refractivity contribution in [2.75, 3.05) is 5.32 Å². The van der Waals surface area contributed by atoms with Gasteiger partial charge < -0.3 is 9.73 Å². The zero-order chi connectivity index (χ0) is 15.5. The number of nitrogens with one attached hydrogen (secondary N) is 1. The van der Waals surface area contributed by atoms with Gasteiger partial charge in [-0.2, -0.15) is 5.26 Å². The van der Waals surface area contributed by atoms with Crippen LogP contribution in [0.4, 0.5) is 5.69 Å². The summed E-state index contributed by atoms with van der Waals surface area (Å²) in [7, 11) is 0. The molecule has 0 atom stereocenters. The summed E-state index contributed by atoms with van der Waals surface area (Å²) in [5.41, 5.74) is 2.11. The van der Waals surface area contributed by atoms with Crippen molar-refractivity contribution in [2.24, 2.45) is 0 Å². The van der Waals surface area contributed by atoms with Gasteiger partial charge in [-0.05, 0) is 30.3 Å². The van der Waals surface area contributed by atoms with Crippen LogP contribution < -0.4 is 5.32 Å². The fourth-order valence-electron chi connectivity index (χ4n) is 1.89. The maximum Gasteiger partial charge on any atom is 0.239 e. The lowest BCUT2D eigenvalue weighted by Crippen LogP contribution is -1.91. The molecule has 0 fully saturated rings. The van der Waals surface area contributed by atoms with Crippen LogP contribution in [0.25, 0.3) is 16.7 Å². The summed E-state index contributed by atoms with van der Waals surface area (Å²) in [6.07, 6.45) is 1.51. The van der Waals surface area contributed by atoms with Crippen LogP contribution in [-0.2, 0) is 0 Å². The summed E-state index contributed by atoms with van der Waals surface area (Å²) in [4.78, 5) is 4.26. The number of nitriles is 1. The largest absolute Gasteiger partial charge is 0.435 e. The number of nitrogens with zero attached hydrogens (tertiary/aromatic N) is 2. The molecule has 0 bridgehead atoms. The highest BCUT2D eigenvalue weighted by atomic mass is 35.5. The number of rotatable bonds is 3. The lowest BCUT2D eigenvalue weighted by Gasteiger charge is -2.02. The number of para-hydroxylation sites is 1. The van der Waals surface area contributed by atoms with Crippen molar-refractivity contribution in [3.05, 3.63) is 64.6 Å². The fraction of sp³-hybridized carbons (Fsp3) is 0. The predicted molar refractivity (Wildman–Crippen MR) is 87.7 cm³/mol. The summed E-state index contributed by atoms with van der Waals surface area (Å²) in [5.74, 6) is 0.222. The van der Waals surface area contributed by atoms with Gasteiger partial charge in [-0.1, -0.05) is 35.3 Å². The van der Waals surface area contributed by atoms with Gasteiger partial charge in [0.1, 0.15) is 17.2 Å². The molecule has 0 aliphatic heterocycles. The van der Waals surface area contributed by atoms with E-state index < -0.39 is 0 Å². The van der Waals surface area contributed by atoms with Crippen molar-refractivity contribution < 1.29 is 4.42 Å². The zero-order valence-corrected chi connectivity index (χ0v) is 12.7. The number of benzene rings is 2. The molecule has 1 N–H and O–H groups in total. The number of allylic oxidation sites excluding steroid dienone is 1. The number of hydrogen-bond donors (Lipinski definition) is 1. The third-order valence-corrected chi connectivity index (χ3v) is 3.51. The first kappa shape index (κ1) is 14.5. The fourth-order valence-corrected chi connectivity index (χ4v) is 2.24. The molecule has 4 nitrogen and oxygen atoms in total. The second kappa shape index (κ2) is 6.10. The molecule has 1 aromatic heterocycles. The molecule has 6 heteroatoms. The molecular formula is C16H9Cl2N3O. The minimum absolute atomic E-state index is 0.222. The van der Waals surface area contributed by atoms with Crippen LogP contribution in [0.15, 0.2) is 53.1 Å². The van der Waals surface area contributed by atoms with Crippen molar-refractivity contribution in [3.63, 3.8) is 0 Å². The molecule has 108 valence electrons. The average molecular weight is 330 g/mol. The highest BCUT2D eigenvalue weighted by molar-refractivity contribution is 6.33. The predicted octanol–water partition coefficient (Wildman–Crippen LogP) is 5.11. The number of oxazole rings is 1. The maximum atomic E-state index is 9.29. The van der Waals surface area contributed by atoms with E-state index in [0.717, 1.165) is 0 Å². The Bertz CT molecular complexity index is 909. The molecule has 3 aromatic rings. The van der Waals surface area contributed by atoms with Crippen LogP contribution in [0.5, 0.6) is 0 Å². The van der Waals surface area contributed by atoms with Crippen molar-refractivity contribution >= 4 is 45.6 Å². The van der Waals surface area contributed by atoms with Crippen LogP contribution in [0.2, 0.25) is 10.0 Å². The van der Waals surface area contributed by atoms with E-state index in [1.54, 1.807) is 30.3 Å². The maximum absolute atomic E-state index is 9.29. The lowest BCUT2D eigenvalue weighted by molar-refractivity contribution is 0.586. The van der Waals surface area contributed by atoms with E-state index >= 15 is 0 Å². The third kappa shape index (κ3) is 2.91. The molecule has 3 rings (SSSR count). The van der Waals surface area contributed by atoms with Gasteiger partial charge in [0.15, 0.2) is 5.58 Å². The average Bonchev–Trinajstić information content (AvgIpc) is 2.92. The van der Waals surface area contributed by atoms with Gasteiger partial charge in [-0.3, -0.25) is 0 Å². The Hall–Kier alpha value is -2.48. The quantitative estimate of drug-likeness (QED) is 0.678. The molecule has 0 spiro atoms. The molecule has 0 unspecified atom stereocenters. The highest BCUT2D eigenvalue weighted by Gasteiger charge is 2.11. The summed E-state index contributed by atoms with van der Waals surface area (Å²) >= 11 is 12.0. The second-order valence-corrected chi connectivity index (χ2v) is 5.27. The number of anilines is 1. The molecule has 0 radical (unpaired) electrons. The SMILES string of the molecule is N#CC(=CNc1ccccc1Cl)c1nc2cc(Cl)ccc2o1. The smallest absolute Gasteiger partial charge is 0.239 e. The van der Waals surface area contributed by atoms with Crippen LogP contribution >= 0.6 is 23.2 Å². The summed E-state index contributed by atoms with van der Waals surface area (Å²) < 4.78 is 5.56. The summed E-state index contributed by atoms with van der Waals surface area (Å²) in [6, 6.07) is 14.4. The monoisotopic (exact) mass is 329 g/mol. The van der Waals surface area contributed by atoms with Crippen molar-refractivity contribution in [1.29, 1.82) is 5.26 Å². The first-order valence-corrected chi connectivity index (χ1v) is 7.11.